The molecule has 31 heavy (non-hydrogen) atoms. The molecule has 0 aromatic heterocycles. The van der Waals surface area contributed by atoms with Gasteiger partial charge in [0.2, 0.25) is 0 Å². The largest absolute Gasteiger partial charge is 0.492 e. The van der Waals surface area contributed by atoms with Crippen molar-refractivity contribution in [1.29, 1.82) is 0 Å². The number of amides is 1. The van der Waals surface area contributed by atoms with Gasteiger partial charge in [0.1, 0.15) is 12.4 Å². The zero-order chi connectivity index (χ0) is 22.4. The highest BCUT2D eigenvalue weighted by molar-refractivity contribution is 7.92. The Morgan fingerprint density at radius 2 is 1.52 bits per heavy atom. The van der Waals surface area contributed by atoms with Crippen LogP contribution in [0.25, 0.3) is 0 Å². The first-order valence-electron chi connectivity index (χ1n) is 9.57. The average Bonchev–Trinajstić information content (AvgIpc) is 2.80. The first-order valence-corrected chi connectivity index (χ1v) is 11.4. The minimum atomic E-state index is -3.72. The summed E-state index contributed by atoms with van der Waals surface area (Å²) < 4.78 is 32.5. The number of carbonyl (C=O) groups excluding carboxylic acids is 1. The van der Waals surface area contributed by atoms with E-state index in [0.29, 0.717) is 35.2 Å². The highest BCUT2D eigenvalue weighted by Crippen LogP contribution is 2.22. The lowest BCUT2D eigenvalue weighted by Crippen LogP contribution is -2.31. The van der Waals surface area contributed by atoms with E-state index >= 15 is 0 Å². The number of rotatable bonds is 8. The van der Waals surface area contributed by atoms with E-state index in [1.165, 1.54) is 40.5 Å². The molecule has 0 saturated carbocycles. The van der Waals surface area contributed by atoms with Crippen molar-refractivity contribution >= 4 is 33.2 Å². The maximum absolute atomic E-state index is 12.9. The minimum absolute atomic E-state index is 0.115. The highest BCUT2D eigenvalue weighted by Gasteiger charge is 2.22. The van der Waals surface area contributed by atoms with Crippen LogP contribution in [0.4, 0.5) is 5.69 Å². The van der Waals surface area contributed by atoms with Crippen molar-refractivity contribution in [3.05, 3.63) is 89.4 Å². The summed E-state index contributed by atoms with van der Waals surface area (Å²) in [5, 5.41) is 0.625. The molecule has 0 N–H and O–H groups in total. The lowest BCUT2D eigenvalue weighted by Gasteiger charge is -2.20. The van der Waals surface area contributed by atoms with Gasteiger partial charge in [0.05, 0.1) is 17.1 Å². The fourth-order valence-electron chi connectivity index (χ4n) is 2.86. The third-order valence-corrected chi connectivity index (χ3v) is 6.79. The Hall–Kier alpha value is -3.03. The first-order chi connectivity index (χ1) is 14.8. The van der Waals surface area contributed by atoms with E-state index in [9.17, 15) is 13.2 Å². The highest BCUT2D eigenvalue weighted by atomic mass is 35.5. The smallest absolute Gasteiger partial charge is 0.264 e. The van der Waals surface area contributed by atoms with Crippen LogP contribution in [-0.2, 0) is 10.0 Å². The maximum Gasteiger partial charge on any atom is 0.264 e. The van der Waals surface area contributed by atoms with Crippen LogP contribution in [0.15, 0.2) is 83.8 Å². The van der Waals surface area contributed by atoms with Crippen molar-refractivity contribution in [1.82, 2.24) is 4.90 Å². The summed E-state index contributed by atoms with van der Waals surface area (Å²) in [5.41, 5.74) is 0.957. The number of halogens is 1. The van der Waals surface area contributed by atoms with Gasteiger partial charge < -0.3 is 9.64 Å². The molecule has 3 rings (SSSR count). The van der Waals surface area contributed by atoms with Crippen LogP contribution in [0.2, 0.25) is 5.02 Å². The van der Waals surface area contributed by atoms with Crippen LogP contribution in [0.5, 0.6) is 5.75 Å². The van der Waals surface area contributed by atoms with Crippen molar-refractivity contribution < 1.29 is 17.9 Å². The Kier molecular flexibility index (Phi) is 7.20. The lowest BCUT2D eigenvalue weighted by molar-refractivity contribution is 0.0773. The number of para-hydroxylation sites is 1. The molecule has 0 saturated heterocycles. The predicted molar refractivity (Wildman–Crippen MR) is 122 cm³/mol. The van der Waals surface area contributed by atoms with E-state index in [1.807, 2.05) is 6.07 Å². The molecule has 0 aliphatic heterocycles. The Morgan fingerprint density at radius 3 is 2.13 bits per heavy atom. The fraction of sp³-hybridized carbons (Fsp3) is 0.174. The Morgan fingerprint density at radius 1 is 0.903 bits per heavy atom. The molecule has 0 spiro atoms. The molecular formula is C23H23ClN2O4S. The molecule has 0 heterocycles. The van der Waals surface area contributed by atoms with E-state index in [-0.39, 0.29) is 10.8 Å². The van der Waals surface area contributed by atoms with Crippen molar-refractivity contribution in [2.45, 2.75) is 4.90 Å². The van der Waals surface area contributed by atoms with Crippen LogP contribution in [0, 0.1) is 0 Å². The van der Waals surface area contributed by atoms with Crippen LogP contribution < -0.4 is 9.04 Å². The summed E-state index contributed by atoms with van der Waals surface area (Å²) in [6, 6.07) is 21.7. The van der Waals surface area contributed by atoms with Gasteiger partial charge in [-0.05, 0) is 60.7 Å². The van der Waals surface area contributed by atoms with Crippen molar-refractivity contribution in [2.24, 2.45) is 0 Å². The van der Waals surface area contributed by atoms with Crippen molar-refractivity contribution in [3.8, 4) is 5.75 Å². The maximum atomic E-state index is 12.9. The Balaban J connectivity index is 1.61. The topological polar surface area (TPSA) is 66.9 Å². The number of hydrogen-bond donors (Lipinski definition) is 0. The number of nitrogens with zero attached hydrogens (tertiary/aromatic N) is 2. The second-order valence-corrected chi connectivity index (χ2v) is 9.27. The molecule has 162 valence electrons. The summed E-state index contributed by atoms with van der Waals surface area (Å²) in [4.78, 5) is 14.3. The molecule has 0 bridgehead atoms. The third-order valence-electron chi connectivity index (χ3n) is 4.74. The molecule has 0 fully saturated rings. The van der Waals surface area contributed by atoms with E-state index in [1.54, 1.807) is 55.6 Å². The zero-order valence-corrected chi connectivity index (χ0v) is 18.8. The first kappa shape index (κ1) is 22.7. The van der Waals surface area contributed by atoms with Crippen molar-refractivity contribution in [3.63, 3.8) is 0 Å². The molecule has 0 aliphatic rings. The van der Waals surface area contributed by atoms with Gasteiger partial charge in [0.15, 0.2) is 0 Å². The summed E-state index contributed by atoms with van der Waals surface area (Å²) >= 11 is 5.84. The molecule has 0 aliphatic carbocycles. The molecule has 3 aromatic rings. The minimum Gasteiger partial charge on any atom is -0.492 e. The van der Waals surface area contributed by atoms with Crippen molar-refractivity contribution in [2.75, 3.05) is 31.6 Å². The molecular weight excluding hydrogens is 436 g/mol. The second kappa shape index (κ2) is 9.85. The van der Waals surface area contributed by atoms with E-state index in [2.05, 4.69) is 0 Å². The Bertz CT molecular complexity index is 1120. The summed E-state index contributed by atoms with van der Waals surface area (Å²) in [7, 11) is -0.557. The quantitative estimate of drug-likeness (QED) is 0.504. The number of sulfonamides is 1. The van der Waals surface area contributed by atoms with Gasteiger partial charge in [-0.1, -0.05) is 29.8 Å². The lowest BCUT2D eigenvalue weighted by atomic mass is 10.2. The number of carbonyl (C=O) groups is 1. The zero-order valence-electron chi connectivity index (χ0n) is 17.2. The number of anilines is 1. The SMILES string of the molecule is CN(CCOc1ccc(Cl)cc1)C(=O)c1ccc(S(=O)(=O)N(C)c2ccccc2)cc1. The predicted octanol–water partition coefficient (Wildman–Crippen LogP) is 4.32. The molecule has 1 amide bonds. The van der Waals surface area contributed by atoms with Gasteiger partial charge in [0.25, 0.3) is 15.9 Å². The summed E-state index contributed by atoms with van der Waals surface area (Å²) in [6.07, 6.45) is 0. The summed E-state index contributed by atoms with van der Waals surface area (Å²) in [6.45, 7) is 0.691. The van der Waals surface area contributed by atoms with Gasteiger partial charge in [-0.3, -0.25) is 9.10 Å². The van der Waals surface area contributed by atoms with Gasteiger partial charge >= 0.3 is 0 Å². The monoisotopic (exact) mass is 458 g/mol. The van der Waals surface area contributed by atoms with E-state index in [0.717, 1.165) is 0 Å². The molecule has 8 heteroatoms. The third kappa shape index (κ3) is 5.57. The van der Waals surface area contributed by atoms with Crippen LogP contribution >= 0.6 is 11.6 Å². The number of hydrogen-bond acceptors (Lipinski definition) is 4. The summed E-state index contributed by atoms with van der Waals surface area (Å²) in [5.74, 6) is 0.447. The molecule has 3 aromatic carbocycles. The van der Waals surface area contributed by atoms with E-state index < -0.39 is 10.0 Å². The molecule has 0 radical (unpaired) electrons. The van der Waals surface area contributed by atoms with Crippen LogP contribution in [0.1, 0.15) is 10.4 Å². The number of ether oxygens (including phenoxy) is 1. The standard InChI is InChI=1S/C23H23ClN2O4S/c1-25(16-17-30-21-12-10-19(24)11-13-21)23(27)18-8-14-22(15-9-18)31(28,29)26(2)20-6-4-3-5-7-20/h3-15H,16-17H2,1-2H3. The van der Waals surface area contributed by atoms with E-state index in [4.69, 9.17) is 16.3 Å². The average molecular weight is 459 g/mol. The molecule has 0 unspecified atom stereocenters. The van der Waals surface area contributed by atoms with Gasteiger partial charge in [0, 0.05) is 24.7 Å². The fourth-order valence-corrected chi connectivity index (χ4v) is 4.18. The van der Waals surface area contributed by atoms with Gasteiger partial charge in [-0.2, -0.15) is 0 Å². The van der Waals surface area contributed by atoms with Crippen LogP contribution in [0.3, 0.4) is 0 Å². The van der Waals surface area contributed by atoms with Gasteiger partial charge in [-0.15, -0.1) is 0 Å². The normalized spacial score (nSPS) is 11.1. The van der Waals surface area contributed by atoms with Crippen LogP contribution in [-0.4, -0.2) is 46.5 Å². The second-order valence-electron chi connectivity index (χ2n) is 6.86. The number of likely N-dealkylation sites (N-methyl/N-ethyl adjacent to an activating group) is 1. The molecule has 6 nitrogen and oxygen atoms in total. The number of benzene rings is 3. The van der Waals surface area contributed by atoms with Gasteiger partial charge in [-0.25, -0.2) is 8.42 Å². The molecule has 0 atom stereocenters. The Labute approximate surface area is 187 Å².